The number of hydrogen-bond acceptors (Lipinski definition) is 0. The highest BCUT2D eigenvalue weighted by Gasteiger charge is 2.36. The van der Waals surface area contributed by atoms with Gasteiger partial charge < -0.3 is 9.13 Å². The minimum Gasteiger partial charge on any atom is -0.313 e. The van der Waals surface area contributed by atoms with Gasteiger partial charge in [0.05, 0.1) is 16.7 Å². The van der Waals surface area contributed by atoms with Crippen molar-refractivity contribution in [2.75, 3.05) is 0 Å². The van der Waals surface area contributed by atoms with Crippen LogP contribution in [0.4, 0.5) is 0 Å². The fraction of sp³-hybridized carbons (Fsp3) is 0.137. The van der Waals surface area contributed by atoms with Gasteiger partial charge in [-0.2, -0.15) is 0 Å². The van der Waals surface area contributed by atoms with E-state index in [4.69, 9.17) is 0 Å². The van der Waals surface area contributed by atoms with Crippen molar-refractivity contribution >= 4 is 56.9 Å². The van der Waals surface area contributed by atoms with E-state index in [9.17, 15) is 0 Å². The number of para-hydroxylation sites is 2. The summed E-state index contributed by atoms with van der Waals surface area (Å²) in [6, 6.07) is 45.2. The molecule has 2 nitrogen and oxygen atoms in total. The highest BCUT2D eigenvalue weighted by molar-refractivity contribution is 6.00. The van der Waals surface area contributed by atoms with Gasteiger partial charge >= 0.3 is 0 Å². The van der Waals surface area contributed by atoms with Gasteiger partial charge in [0.15, 0.2) is 0 Å². The first kappa shape index (κ1) is 31.6. The molecule has 53 heavy (non-hydrogen) atoms. The second kappa shape index (κ2) is 12.0. The van der Waals surface area contributed by atoms with E-state index in [1.54, 1.807) is 0 Å². The highest BCUT2D eigenvalue weighted by Crippen LogP contribution is 2.50. The number of fused-ring (bicyclic) bond motifs is 8. The summed E-state index contributed by atoms with van der Waals surface area (Å²) in [5.74, 6) is 0. The lowest BCUT2D eigenvalue weighted by Gasteiger charge is -2.23. The van der Waals surface area contributed by atoms with Crippen molar-refractivity contribution in [3.8, 4) is 22.5 Å². The predicted molar refractivity (Wildman–Crippen MR) is 227 cm³/mol. The Morgan fingerprint density at radius 3 is 2.15 bits per heavy atom. The van der Waals surface area contributed by atoms with Gasteiger partial charge in [-0.3, -0.25) is 0 Å². The Labute approximate surface area is 311 Å². The zero-order valence-corrected chi connectivity index (χ0v) is 30.8. The van der Waals surface area contributed by atoms with Crippen LogP contribution in [0.15, 0.2) is 133 Å². The summed E-state index contributed by atoms with van der Waals surface area (Å²) in [7, 11) is 0. The highest BCUT2D eigenvalue weighted by atomic mass is 15.0. The number of aromatic nitrogens is 2. The molecule has 2 heteroatoms. The van der Waals surface area contributed by atoms with Gasteiger partial charge in [0.1, 0.15) is 0 Å². The largest absolute Gasteiger partial charge is 0.313 e. The van der Waals surface area contributed by atoms with Crippen LogP contribution in [0, 0.1) is 6.92 Å². The third-order valence-electron chi connectivity index (χ3n) is 11.9. The molecule has 0 bridgehead atoms. The molecule has 0 aliphatic heterocycles. The van der Waals surface area contributed by atoms with Crippen LogP contribution in [-0.4, -0.2) is 9.13 Å². The molecule has 6 aromatic carbocycles. The molecule has 0 N–H and O–H groups in total. The summed E-state index contributed by atoms with van der Waals surface area (Å²) in [5, 5.41) is 5.13. The summed E-state index contributed by atoms with van der Waals surface area (Å²) in [6.45, 7) is 9.11. The second-order valence-corrected chi connectivity index (χ2v) is 15.2. The molecule has 0 amide bonds. The molecule has 2 aromatic heterocycles. The van der Waals surface area contributed by atoms with E-state index in [1.165, 1.54) is 99.8 Å². The molecule has 0 unspecified atom stereocenters. The van der Waals surface area contributed by atoms with Crippen molar-refractivity contribution in [1.29, 1.82) is 0 Å². The van der Waals surface area contributed by atoms with E-state index >= 15 is 0 Å². The van der Waals surface area contributed by atoms with Crippen LogP contribution >= 0.6 is 0 Å². The van der Waals surface area contributed by atoms with Crippen molar-refractivity contribution in [2.45, 2.75) is 46.0 Å². The summed E-state index contributed by atoms with van der Waals surface area (Å²) in [6.07, 6.45) is 15.7. The molecule has 10 rings (SSSR count). The first-order valence-electron chi connectivity index (χ1n) is 19.0. The zero-order chi connectivity index (χ0) is 35.8. The Morgan fingerprint density at radius 2 is 1.32 bits per heavy atom. The molecule has 0 saturated carbocycles. The lowest BCUT2D eigenvalue weighted by molar-refractivity contribution is 0.659. The first-order chi connectivity index (χ1) is 25.9. The Kier molecular flexibility index (Phi) is 7.14. The van der Waals surface area contributed by atoms with E-state index in [0.29, 0.717) is 0 Å². The van der Waals surface area contributed by atoms with Gasteiger partial charge in [0.2, 0.25) is 0 Å². The number of benzene rings is 6. The number of hydrogen-bond donors (Lipinski definition) is 0. The first-order valence-corrected chi connectivity index (χ1v) is 19.0. The molecule has 256 valence electrons. The quantitative estimate of drug-likeness (QED) is 0.160. The smallest absolute Gasteiger partial charge is 0.0540 e. The molecule has 0 radical (unpaired) electrons. The average molecular weight is 683 g/mol. The Hall–Kier alpha value is -6.12. The lowest BCUT2D eigenvalue weighted by atomic mass is 9.81. The van der Waals surface area contributed by atoms with Crippen LogP contribution in [0.3, 0.4) is 0 Å². The molecule has 2 aliphatic rings. The Balaban J connectivity index is 1.03. The molecular formula is C51H42N2. The summed E-state index contributed by atoms with van der Waals surface area (Å²) in [4.78, 5) is 0. The molecule has 8 aromatic rings. The Morgan fingerprint density at radius 1 is 0.623 bits per heavy atom. The lowest BCUT2D eigenvalue weighted by Crippen LogP contribution is -2.15. The zero-order valence-electron chi connectivity index (χ0n) is 30.8. The molecular weight excluding hydrogens is 641 g/mol. The third-order valence-corrected chi connectivity index (χ3v) is 11.9. The molecule has 0 spiro atoms. The molecule has 0 saturated heterocycles. The van der Waals surface area contributed by atoms with E-state index in [2.05, 4.69) is 195 Å². The number of allylic oxidation sites excluding steroid dienone is 2. The fourth-order valence-electron chi connectivity index (χ4n) is 9.33. The number of aryl methyl sites for hydroxylation is 1. The van der Waals surface area contributed by atoms with Gasteiger partial charge in [-0.05, 0) is 107 Å². The van der Waals surface area contributed by atoms with Crippen LogP contribution in [-0.2, 0) is 11.8 Å². The average Bonchev–Trinajstić information content (AvgIpc) is 3.76. The van der Waals surface area contributed by atoms with Crippen molar-refractivity contribution in [1.82, 2.24) is 9.13 Å². The Bertz CT molecular complexity index is 2880. The molecule has 2 aliphatic carbocycles. The maximum atomic E-state index is 2.51. The normalized spacial score (nSPS) is 14.6. The van der Waals surface area contributed by atoms with Gasteiger partial charge in [-0.15, -0.1) is 0 Å². The maximum absolute atomic E-state index is 2.51. The van der Waals surface area contributed by atoms with Crippen molar-refractivity contribution in [3.63, 3.8) is 0 Å². The number of rotatable bonds is 5. The summed E-state index contributed by atoms with van der Waals surface area (Å²) < 4.78 is 4.94. The molecule has 2 heterocycles. The minimum atomic E-state index is -0.121. The minimum absolute atomic E-state index is 0.121. The standard InChI is InChI=1S/C51H42N2/c1-5-14-46-33(2)37-16-6-9-21-47(37)53(46)50-24-13-19-38-35(15-12-20-41(38)50)27-25-34-26-29-39-40-30-28-36(32-45(40)51(3,4)44(39)31-34)52-48-22-10-7-17-42(48)43-18-8-11-23-49(43)52/h5-10,12-22,24-32H,11,23H2,1-4H3/b14-5-,27-25+. The van der Waals surface area contributed by atoms with Crippen molar-refractivity contribution in [3.05, 3.63) is 178 Å². The topological polar surface area (TPSA) is 9.86 Å². The third kappa shape index (κ3) is 4.71. The van der Waals surface area contributed by atoms with Gasteiger partial charge in [0, 0.05) is 44.2 Å². The van der Waals surface area contributed by atoms with Crippen LogP contribution in [0.5, 0.6) is 0 Å². The van der Waals surface area contributed by atoms with Gasteiger partial charge in [0.25, 0.3) is 0 Å². The monoisotopic (exact) mass is 682 g/mol. The molecule has 0 atom stereocenters. The SMILES string of the molecule is C/C=C\c1c(C)c2ccccc2n1-c1cccc2c(/C=C/c3ccc4c(c3)C(C)(C)c3cc(-n5c6c(c7ccccc75)C=CCC6)ccc3-4)cccc12. The van der Waals surface area contributed by atoms with E-state index in [1.807, 2.05) is 0 Å². The van der Waals surface area contributed by atoms with Crippen LogP contribution < -0.4 is 0 Å². The van der Waals surface area contributed by atoms with E-state index < -0.39 is 0 Å². The van der Waals surface area contributed by atoms with Crippen molar-refractivity contribution in [2.24, 2.45) is 0 Å². The fourth-order valence-corrected chi connectivity index (χ4v) is 9.33. The summed E-state index contributed by atoms with van der Waals surface area (Å²) in [5.41, 5.74) is 18.1. The summed E-state index contributed by atoms with van der Waals surface area (Å²) >= 11 is 0. The van der Waals surface area contributed by atoms with Gasteiger partial charge in [-0.25, -0.2) is 0 Å². The number of nitrogens with zero attached hydrogens (tertiary/aromatic N) is 2. The van der Waals surface area contributed by atoms with Crippen LogP contribution in [0.25, 0.3) is 79.4 Å². The second-order valence-electron chi connectivity index (χ2n) is 15.2. The van der Waals surface area contributed by atoms with Crippen LogP contribution in [0.1, 0.15) is 72.0 Å². The van der Waals surface area contributed by atoms with Gasteiger partial charge in [-0.1, -0.05) is 135 Å². The van der Waals surface area contributed by atoms with E-state index in [-0.39, 0.29) is 5.41 Å². The predicted octanol–water partition coefficient (Wildman–Crippen LogP) is 13.5. The van der Waals surface area contributed by atoms with Crippen LogP contribution in [0.2, 0.25) is 0 Å². The maximum Gasteiger partial charge on any atom is 0.0540 e. The van der Waals surface area contributed by atoms with Crippen molar-refractivity contribution < 1.29 is 0 Å². The molecule has 0 fully saturated rings. The van der Waals surface area contributed by atoms with E-state index in [0.717, 1.165) is 12.8 Å².